The number of hydrogen-bond acceptors (Lipinski definition) is 7. The third-order valence-corrected chi connectivity index (χ3v) is 7.75. The maximum Gasteiger partial charge on any atom is 0.322 e. The predicted molar refractivity (Wildman–Crippen MR) is 137 cm³/mol. The minimum atomic E-state index is -1.67. The molecule has 7 nitrogen and oxygen atoms in total. The number of hydrogen-bond donors (Lipinski definition) is 0. The van der Waals surface area contributed by atoms with Crippen molar-refractivity contribution in [3.63, 3.8) is 0 Å². The number of halogens is 2. The highest BCUT2D eigenvalue weighted by Gasteiger charge is 2.74. The quantitative estimate of drug-likeness (QED) is 0.404. The van der Waals surface area contributed by atoms with Crippen LogP contribution in [0.25, 0.3) is 0 Å². The van der Waals surface area contributed by atoms with Crippen LogP contribution in [-0.4, -0.2) is 67.9 Å². The van der Waals surface area contributed by atoms with E-state index in [9.17, 15) is 14.4 Å². The van der Waals surface area contributed by atoms with E-state index in [0.717, 1.165) is 11.1 Å². The fourth-order valence-electron chi connectivity index (χ4n) is 6.10. The van der Waals surface area contributed by atoms with Crippen LogP contribution in [0.3, 0.4) is 0 Å². The highest BCUT2D eigenvalue weighted by Crippen LogP contribution is 2.60. The van der Waals surface area contributed by atoms with Crippen molar-refractivity contribution in [3.05, 3.63) is 69.7 Å². The topological polar surface area (TPSA) is 76.1 Å². The van der Waals surface area contributed by atoms with Crippen LogP contribution >= 0.6 is 23.2 Å². The summed E-state index contributed by atoms with van der Waals surface area (Å²) in [5, 5.41) is 1.06. The van der Waals surface area contributed by atoms with E-state index < -0.39 is 40.6 Å². The number of Topliss-reactive ketones (excluding diaryl/α,β-unsaturated/α-hetero) is 1. The lowest BCUT2D eigenvalue weighted by Crippen LogP contribution is -2.75. The molecule has 0 radical (unpaired) electrons. The Hall–Kier alpha value is -2.45. The van der Waals surface area contributed by atoms with Crippen molar-refractivity contribution in [2.24, 2.45) is 10.8 Å². The molecule has 9 heteroatoms. The molecule has 2 aromatic rings. The molecule has 2 heterocycles. The Morgan fingerprint density at radius 3 is 1.50 bits per heavy atom. The summed E-state index contributed by atoms with van der Waals surface area (Å²) >= 11 is 12.3. The lowest BCUT2D eigenvalue weighted by atomic mass is 9.54. The first-order valence-corrected chi connectivity index (χ1v) is 12.7. The van der Waals surface area contributed by atoms with Crippen LogP contribution in [0.1, 0.15) is 37.1 Å². The highest BCUT2D eigenvalue weighted by atomic mass is 35.5. The average molecular weight is 533 g/mol. The molecule has 2 aromatic carbocycles. The van der Waals surface area contributed by atoms with Crippen molar-refractivity contribution in [2.45, 2.75) is 25.9 Å². The summed E-state index contributed by atoms with van der Waals surface area (Å²) in [5.74, 6) is -1.80. The summed E-state index contributed by atoms with van der Waals surface area (Å²) < 4.78 is 11.1. The van der Waals surface area contributed by atoms with Crippen molar-refractivity contribution >= 4 is 40.9 Å². The van der Waals surface area contributed by atoms with Crippen molar-refractivity contribution in [1.82, 2.24) is 9.80 Å². The largest absolute Gasteiger partial charge is 0.465 e. The molecule has 36 heavy (non-hydrogen) atoms. The number of likely N-dealkylation sites (tertiary alicyclic amines) is 2. The fourth-order valence-corrected chi connectivity index (χ4v) is 6.35. The van der Waals surface area contributed by atoms with Gasteiger partial charge in [0.1, 0.15) is 0 Å². The smallest absolute Gasteiger partial charge is 0.322 e. The molecule has 4 unspecified atom stereocenters. The predicted octanol–water partition coefficient (Wildman–Crippen LogP) is 4.33. The van der Waals surface area contributed by atoms with E-state index in [4.69, 9.17) is 32.7 Å². The van der Waals surface area contributed by atoms with Crippen LogP contribution in [0.2, 0.25) is 10.0 Å². The zero-order chi connectivity index (χ0) is 26.3. The molecule has 0 spiro atoms. The summed E-state index contributed by atoms with van der Waals surface area (Å²) in [6.07, 6.45) is 0. The summed E-state index contributed by atoms with van der Waals surface area (Å²) in [5.41, 5.74) is -1.90. The molecule has 4 rings (SSSR count). The van der Waals surface area contributed by atoms with Crippen molar-refractivity contribution in [1.29, 1.82) is 0 Å². The molecule has 0 aliphatic carbocycles. The molecule has 2 fully saturated rings. The van der Waals surface area contributed by atoms with E-state index in [-0.39, 0.29) is 26.3 Å². The zero-order valence-corrected chi connectivity index (χ0v) is 22.3. The van der Waals surface area contributed by atoms with Gasteiger partial charge in [0.25, 0.3) is 0 Å². The second-order valence-corrected chi connectivity index (χ2v) is 10.3. The lowest BCUT2D eigenvalue weighted by molar-refractivity contribution is -0.203. The first-order valence-electron chi connectivity index (χ1n) is 11.9. The summed E-state index contributed by atoms with van der Waals surface area (Å²) in [6, 6.07) is 12.7. The third-order valence-electron chi connectivity index (χ3n) is 7.25. The van der Waals surface area contributed by atoms with E-state index in [2.05, 4.69) is 0 Å². The Labute approximate surface area is 221 Å². The molecule has 192 valence electrons. The van der Waals surface area contributed by atoms with Crippen molar-refractivity contribution < 1.29 is 23.9 Å². The number of fused-ring (bicyclic) bond motifs is 2. The summed E-state index contributed by atoms with van der Waals surface area (Å²) in [6.45, 7) is 3.78. The number of rotatable bonds is 6. The number of ether oxygens (including phenoxy) is 2. The van der Waals surface area contributed by atoms with E-state index >= 15 is 0 Å². The highest BCUT2D eigenvalue weighted by molar-refractivity contribution is 6.30. The van der Waals surface area contributed by atoms with Crippen molar-refractivity contribution in [2.75, 3.05) is 40.4 Å². The third kappa shape index (κ3) is 4.02. The molecule has 0 saturated carbocycles. The number of esters is 2. The van der Waals surface area contributed by atoms with Gasteiger partial charge in [-0.2, -0.15) is 0 Å². The van der Waals surface area contributed by atoms with Gasteiger partial charge in [-0.25, -0.2) is 0 Å². The van der Waals surface area contributed by atoms with Gasteiger partial charge in [0.15, 0.2) is 16.6 Å². The molecular formula is C27H30Cl2N2O5. The monoisotopic (exact) mass is 532 g/mol. The maximum absolute atomic E-state index is 14.8. The van der Waals surface area contributed by atoms with Crippen LogP contribution < -0.4 is 0 Å². The number of benzene rings is 2. The fraction of sp³-hybridized carbons (Fsp3) is 0.444. The average Bonchev–Trinajstić information content (AvgIpc) is 2.83. The van der Waals surface area contributed by atoms with Crippen LogP contribution in [0, 0.1) is 10.8 Å². The number of piperidine rings is 2. The molecule has 2 aliphatic rings. The van der Waals surface area contributed by atoms with Gasteiger partial charge in [-0.1, -0.05) is 47.5 Å². The second kappa shape index (κ2) is 10.1. The summed E-state index contributed by atoms with van der Waals surface area (Å²) in [7, 11) is 3.63. The molecule has 4 atom stereocenters. The minimum absolute atomic E-state index is 0.0940. The maximum atomic E-state index is 14.8. The van der Waals surface area contributed by atoms with Crippen LogP contribution in [0.15, 0.2) is 48.5 Å². The first kappa shape index (κ1) is 26.6. The van der Waals surface area contributed by atoms with Crippen molar-refractivity contribution in [3.8, 4) is 0 Å². The number of carbonyl (C=O) groups excluding carboxylic acids is 3. The van der Waals surface area contributed by atoms with Gasteiger partial charge in [0.05, 0.1) is 25.3 Å². The van der Waals surface area contributed by atoms with Gasteiger partial charge in [0.2, 0.25) is 0 Å². The van der Waals surface area contributed by atoms with Gasteiger partial charge in [-0.15, -0.1) is 0 Å². The molecule has 2 saturated heterocycles. The van der Waals surface area contributed by atoms with E-state index in [0.29, 0.717) is 10.0 Å². The van der Waals surface area contributed by atoms with E-state index in [1.165, 1.54) is 0 Å². The molecule has 0 aromatic heterocycles. The standard InChI is InChI=1S/C27H30Cl2N2O5/c1-5-35-24(33)26-15-30(3)16-27(23(26)32,25(34)36-6-2)22(18-9-13-20(29)14-10-18)31(4)21(26)17-7-11-19(28)12-8-17/h7-14,21-22H,5-6,15-16H2,1-4H3. The van der Waals surface area contributed by atoms with Gasteiger partial charge in [0, 0.05) is 23.1 Å². The number of carbonyl (C=O) groups is 3. The van der Waals surface area contributed by atoms with Gasteiger partial charge >= 0.3 is 11.9 Å². The SMILES string of the molecule is CCOC(=O)C12CN(C)CC(C(=O)OCC)(C1=O)C(c1ccc(Cl)cc1)N(C)C2c1ccc(Cl)cc1. The Balaban J connectivity index is 2.05. The van der Waals surface area contributed by atoms with Crippen LogP contribution in [0.5, 0.6) is 0 Å². The lowest BCUT2D eigenvalue weighted by Gasteiger charge is -2.61. The van der Waals surface area contributed by atoms with Crippen LogP contribution in [0.4, 0.5) is 0 Å². The molecule has 0 N–H and O–H groups in total. The zero-order valence-electron chi connectivity index (χ0n) is 20.8. The van der Waals surface area contributed by atoms with Gasteiger partial charge in [-0.05, 0) is 63.3 Å². The number of ketones is 1. The Morgan fingerprint density at radius 2 is 1.17 bits per heavy atom. The Bertz CT molecular complexity index is 1070. The minimum Gasteiger partial charge on any atom is -0.465 e. The molecule has 2 aliphatic heterocycles. The normalized spacial score (nSPS) is 28.6. The van der Waals surface area contributed by atoms with Gasteiger partial charge in [-0.3, -0.25) is 19.3 Å². The summed E-state index contributed by atoms with van der Waals surface area (Å²) in [4.78, 5) is 46.2. The van der Waals surface area contributed by atoms with Crippen LogP contribution in [-0.2, 0) is 23.9 Å². The second-order valence-electron chi connectivity index (χ2n) is 9.46. The van der Waals surface area contributed by atoms with Gasteiger partial charge < -0.3 is 14.4 Å². The van der Waals surface area contributed by atoms with E-state index in [1.54, 1.807) is 45.2 Å². The molecule has 0 amide bonds. The Morgan fingerprint density at radius 1 is 0.806 bits per heavy atom. The van der Waals surface area contributed by atoms with E-state index in [1.807, 2.05) is 41.1 Å². The molecular weight excluding hydrogens is 503 g/mol. The first-order chi connectivity index (χ1) is 17.1. The molecule has 2 bridgehead atoms. The number of nitrogens with zero attached hydrogens (tertiary/aromatic N) is 2. The Kier molecular flexibility index (Phi) is 7.49.